The molecule has 1 amide bonds. The summed E-state index contributed by atoms with van der Waals surface area (Å²) in [6.07, 6.45) is 0.493. The van der Waals surface area contributed by atoms with E-state index in [0.717, 1.165) is 29.7 Å². The first-order valence-corrected chi connectivity index (χ1v) is 11.7. The molecule has 33 heavy (non-hydrogen) atoms. The van der Waals surface area contributed by atoms with Crippen LogP contribution in [0, 0.1) is 6.92 Å². The first-order chi connectivity index (χ1) is 15.9. The Morgan fingerprint density at radius 2 is 1.55 bits per heavy atom. The van der Waals surface area contributed by atoms with Gasteiger partial charge in [0.2, 0.25) is 5.91 Å². The van der Waals surface area contributed by atoms with Crippen molar-refractivity contribution < 1.29 is 9.90 Å². The van der Waals surface area contributed by atoms with Gasteiger partial charge in [-0.05, 0) is 37.0 Å². The fraction of sp³-hybridized carbons (Fsp3) is 0.345. The van der Waals surface area contributed by atoms with Crippen molar-refractivity contribution in [1.82, 2.24) is 9.80 Å². The Hall–Kier alpha value is -2.95. The van der Waals surface area contributed by atoms with E-state index >= 15 is 0 Å². The van der Waals surface area contributed by atoms with Crippen LogP contribution in [0.1, 0.15) is 41.6 Å². The molecule has 1 N–H and O–H groups in total. The third-order valence-electron chi connectivity index (χ3n) is 7.06. The largest absolute Gasteiger partial charge is 0.392 e. The van der Waals surface area contributed by atoms with E-state index in [4.69, 9.17) is 0 Å². The van der Waals surface area contributed by atoms with Gasteiger partial charge >= 0.3 is 0 Å². The quantitative estimate of drug-likeness (QED) is 0.583. The van der Waals surface area contributed by atoms with Crippen LogP contribution in [0.3, 0.4) is 0 Å². The third kappa shape index (κ3) is 4.87. The number of aliphatic hydroxyl groups is 1. The summed E-state index contributed by atoms with van der Waals surface area (Å²) in [5.74, 6) is 0.0604. The predicted octanol–water partition coefficient (Wildman–Crippen LogP) is 4.57. The molecule has 0 bridgehead atoms. The van der Waals surface area contributed by atoms with Gasteiger partial charge in [0, 0.05) is 26.7 Å². The van der Waals surface area contributed by atoms with Gasteiger partial charge in [0.1, 0.15) is 0 Å². The van der Waals surface area contributed by atoms with Crippen molar-refractivity contribution in [2.24, 2.45) is 0 Å². The number of nitrogens with zero attached hydrogens (tertiary/aromatic N) is 2. The van der Waals surface area contributed by atoms with Crippen molar-refractivity contribution in [1.29, 1.82) is 0 Å². The summed E-state index contributed by atoms with van der Waals surface area (Å²) in [5.41, 5.74) is 3.45. The van der Waals surface area contributed by atoms with Crippen LogP contribution in [0.4, 0.5) is 0 Å². The van der Waals surface area contributed by atoms with Crippen LogP contribution in [-0.2, 0) is 10.2 Å². The molecular formula is C29H34N2O2. The molecule has 0 saturated carbocycles. The van der Waals surface area contributed by atoms with Gasteiger partial charge in [-0.3, -0.25) is 9.69 Å². The van der Waals surface area contributed by atoms with Crippen LogP contribution in [0.25, 0.3) is 0 Å². The summed E-state index contributed by atoms with van der Waals surface area (Å²) in [4.78, 5) is 18.5. The Labute approximate surface area is 197 Å². The van der Waals surface area contributed by atoms with Crippen LogP contribution >= 0.6 is 0 Å². The molecule has 0 radical (unpaired) electrons. The predicted molar refractivity (Wildman–Crippen MR) is 133 cm³/mol. The highest BCUT2D eigenvalue weighted by atomic mass is 16.3. The molecule has 0 unspecified atom stereocenters. The minimum atomic E-state index is -0.815. The molecule has 3 aromatic rings. The Bertz CT molecular complexity index is 1010. The Balaban J connectivity index is 1.73. The Kier molecular flexibility index (Phi) is 6.96. The van der Waals surface area contributed by atoms with Gasteiger partial charge in [-0.2, -0.15) is 0 Å². The zero-order chi connectivity index (χ0) is 23.4. The van der Waals surface area contributed by atoms with E-state index in [0.29, 0.717) is 13.1 Å². The Morgan fingerprint density at radius 3 is 2.03 bits per heavy atom. The number of likely N-dealkylation sites (N-methyl/N-ethyl adjacent to an activating group) is 1. The van der Waals surface area contributed by atoms with Crippen LogP contribution in [-0.4, -0.2) is 53.6 Å². The van der Waals surface area contributed by atoms with Crippen molar-refractivity contribution >= 4 is 5.91 Å². The molecule has 4 nitrogen and oxygen atoms in total. The smallest absolute Gasteiger partial charge is 0.237 e. The first-order valence-electron chi connectivity index (χ1n) is 11.7. The van der Waals surface area contributed by atoms with Crippen LogP contribution in [0.2, 0.25) is 0 Å². The molecular weight excluding hydrogens is 408 g/mol. The highest BCUT2D eigenvalue weighted by molar-refractivity contribution is 5.91. The standard InChI is InChI=1S/C29H34N2O2/c1-22-14-16-23(17-15-22)27(21-31-19-18-26(32)20-31)30(3)28(33)29(2,24-10-6-4-7-11-24)25-12-8-5-9-13-25/h4-17,26-27,32H,18-21H2,1-3H3/t26-,27+/m0/s1. The molecule has 0 aromatic heterocycles. The summed E-state index contributed by atoms with van der Waals surface area (Å²) in [7, 11) is 1.92. The maximum atomic E-state index is 14.3. The SMILES string of the molecule is Cc1ccc([C@@H](CN2CC[C@H](O)C2)N(C)C(=O)C(C)(c2ccccc2)c2ccccc2)cc1. The van der Waals surface area contributed by atoms with Crippen molar-refractivity contribution in [2.45, 2.75) is 37.8 Å². The molecule has 0 aliphatic carbocycles. The number of aliphatic hydroxyl groups excluding tert-OH is 1. The van der Waals surface area contributed by atoms with Crippen LogP contribution in [0.15, 0.2) is 84.9 Å². The summed E-state index contributed by atoms with van der Waals surface area (Å²) >= 11 is 0. The maximum Gasteiger partial charge on any atom is 0.237 e. The van der Waals surface area contributed by atoms with Crippen molar-refractivity contribution in [2.75, 3.05) is 26.7 Å². The van der Waals surface area contributed by atoms with Crippen molar-refractivity contribution in [3.05, 3.63) is 107 Å². The summed E-state index contributed by atoms with van der Waals surface area (Å²) in [6.45, 7) is 6.30. The molecule has 4 heteroatoms. The van der Waals surface area contributed by atoms with Gasteiger partial charge in [-0.25, -0.2) is 0 Å². The summed E-state index contributed by atoms with van der Waals surface area (Å²) < 4.78 is 0. The molecule has 3 aromatic carbocycles. The van der Waals surface area contributed by atoms with Gasteiger partial charge in [0.05, 0.1) is 17.6 Å². The molecule has 1 heterocycles. The van der Waals surface area contributed by atoms with Crippen LogP contribution in [0.5, 0.6) is 0 Å². The molecule has 1 aliphatic rings. The fourth-order valence-electron chi connectivity index (χ4n) is 4.91. The molecule has 2 atom stereocenters. The number of carbonyl (C=O) groups excluding carboxylic acids is 1. The lowest BCUT2D eigenvalue weighted by Crippen LogP contribution is -2.48. The average molecular weight is 443 g/mol. The van der Waals surface area contributed by atoms with E-state index in [2.05, 4.69) is 36.1 Å². The number of likely N-dealkylation sites (tertiary alicyclic amines) is 1. The van der Waals surface area contributed by atoms with Gasteiger partial charge in [0.15, 0.2) is 0 Å². The van der Waals surface area contributed by atoms with Crippen molar-refractivity contribution in [3.63, 3.8) is 0 Å². The van der Waals surface area contributed by atoms with E-state index in [1.165, 1.54) is 5.56 Å². The second-order valence-electron chi connectivity index (χ2n) is 9.40. The van der Waals surface area contributed by atoms with Crippen LogP contribution < -0.4 is 0 Å². The normalized spacial score (nSPS) is 17.6. The fourth-order valence-corrected chi connectivity index (χ4v) is 4.91. The average Bonchev–Trinajstić information content (AvgIpc) is 3.27. The maximum absolute atomic E-state index is 14.3. The molecule has 4 rings (SSSR count). The highest BCUT2D eigenvalue weighted by Gasteiger charge is 2.41. The lowest BCUT2D eigenvalue weighted by molar-refractivity contribution is -0.136. The van der Waals surface area contributed by atoms with E-state index in [-0.39, 0.29) is 18.1 Å². The number of β-amino-alcohol motifs (C(OH)–C–C–N with tert-alkyl or cyclic N) is 1. The third-order valence-corrected chi connectivity index (χ3v) is 7.06. The lowest BCUT2D eigenvalue weighted by Gasteiger charge is -2.39. The van der Waals surface area contributed by atoms with E-state index in [1.807, 2.05) is 79.5 Å². The van der Waals surface area contributed by atoms with E-state index in [9.17, 15) is 9.90 Å². The Morgan fingerprint density at radius 1 is 1.00 bits per heavy atom. The molecule has 0 spiro atoms. The van der Waals surface area contributed by atoms with E-state index < -0.39 is 5.41 Å². The number of hydrogen-bond donors (Lipinski definition) is 1. The number of hydrogen-bond acceptors (Lipinski definition) is 3. The second-order valence-corrected chi connectivity index (χ2v) is 9.40. The van der Waals surface area contributed by atoms with Crippen molar-refractivity contribution in [3.8, 4) is 0 Å². The minimum Gasteiger partial charge on any atom is -0.392 e. The zero-order valence-corrected chi connectivity index (χ0v) is 19.8. The number of benzene rings is 3. The van der Waals surface area contributed by atoms with E-state index in [1.54, 1.807) is 0 Å². The first kappa shape index (κ1) is 23.2. The summed E-state index contributed by atoms with van der Waals surface area (Å²) in [5, 5.41) is 10.1. The highest BCUT2D eigenvalue weighted by Crippen LogP contribution is 2.36. The number of aryl methyl sites for hydroxylation is 1. The molecule has 1 aliphatic heterocycles. The number of rotatable bonds is 7. The minimum absolute atomic E-state index is 0.0604. The molecule has 1 fully saturated rings. The van der Waals surface area contributed by atoms with Gasteiger partial charge < -0.3 is 10.0 Å². The van der Waals surface area contributed by atoms with Gasteiger partial charge in [-0.1, -0.05) is 90.5 Å². The zero-order valence-electron chi connectivity index (χ0n) is 19.8. The monoisotopic (exact) mass is 442 g/mol. The number of carbonyl (C=O) groups is 1. The lowest BCUT2D eigenvalue weighted by atomic mass is 9.74. The van der Waals surface area contributed by atoms with Gasteiger partial charge in [-0.15, -0.1) is 0 Å². The van der Waals surface area contributed by atoms with Gasteiger partial charge in [0.25, 0.3) is 0 Å². The summed E-state index contributed by atoms with van der Waals surface area (Å²) in [6, 6.07) is 28.4. The number of amides is 1. The second kappa shape index (κ2) is 9.90. The molecule has 1 saturated heterocycles. The topological polar surface area (TPSA) is 43.8 Å². The molecule has 172 valence electrons.